The molecule has 1 amide bonds. The van der Waals surface area contributed by atoms with E-state index in [1.54, 1.807) is 0 Å². The third-order valence-corrected chi connectivity index (χ3v) is 4.22. The van der Waals surface area contributed by atoms with Crippen molar-refractivity contribution in [2.75, 3.05) is 27.2 Å². The molecule has 116 valence electrons. The molecule has 0 bridgehead atoms. The maximum absolute atomic E-state index is 12.7. The predicted molar refractivity (Wildman–Crippen MR) is 78.4 cm³/mol. The summed E-state index contributed by atoms with van der Waals surface area (Å²) in [4.78, 5) is 27.9. The van der Waals surface area contributed by atoms with Crippen molar-refractivity contribution in [3.8, 4) is 0 Å². The minimum absolute atomic E-state index is 0.0126. The van der Waals surface area contributed by atoms with Gasteiger partial charge in [0.1, 0.15) is 0 Å². The molecule has 0 aromatic carbocycles. The van der Waals surface area contributed by atoms with E-state index in [9.17, 15) is 14.7 Å². The predicted octanol–water partition coefficient (Wildman–Crippen LogP) is 1.53. The first-order valence-electron chi connectivity index (χ1n) is 7.45. The van der Waals surface area contributed by atoms with Gasteiger partial charge in [0.25, 0.3) is 0 Å². The van der Waals surface area contributed by atoms with Crippen molar-refractivity contribution in [3.05, 3.63) is 0 Å². The molecule has 20 heavy (non-hydrogen) atoms. The van der Waals surface area contributed by atoms with Crippen molar-refractivity contribution in [2.45, 2.75) is 39.7 Å². The second-order valence-corrected chi connectivity index (χ2v) is 6.36. The van der Waals surface area contributed by atoms with Gasteiger partial charge >= 0.3 is 5.97 Å². The molecule has 4 atom stereocenters. The molecule has 0 aromatic rings. The van der Waals surface area contributed by atoms with Crippen LogP contribution in [0.15, 0.2) is 0 Å². The summed E-state index contributed by atoms with van der Waals surface area (Å²) in [7, 11) is 3.96. The van der Waals surface area contributed by atoms with Crippen molar-refractivity contribution >= 4 is 11.9 Å². The lowest BCUT2D eigenvalue weighted by atomic mass is 9.94. The average molecular weight is 284 g/mol. The third kappa shape index (κ3) is 3.95. The first-order valence-corrected chi connectivity index (χ1v) is 7.45. The molecule has 1 rings (SSSR count). The van der Waals surface area contributed by atoms with Gasteiger partial charge in [-0.2, -0.15) is 0 Å². The van der Waals surface area contributed by atoms with Crippen LogP contribution in [0, 0.1) is 17.8 Å². The first kappa shape index (κ1) is 17.0. The lowest BCUT2D eigenvalue weighted by Gasteiger charge is -2.33. The first-order chi connectivity index (χ1) is 9.27. The lowest BCUT2D eigenvalue weighted by molar-refractivity contribution is -0.150. The van der Waals surface area contributed by atoms with Gasteiger partial charge in [0, 0.05) is 19.1 Å². The lowest BCUT2D eigenvalue weighted by Crippen LogP contribution is -2.47. The van der Waals surface area contributed by atoms with Crippen LogP contribution in [0.2, 0.25) is 0 Å². The molecule has 5 nitrogen and oxygen atoms in total. The van der Waals surface area contributed by atoms with Crippen molar-refractivity contribution in [1.82, 2.24) is 9.80 Å². The van der Waals surface area contributed by atoms with Gasteiger partial charge in [-0.25, -0.2) is 0 Å². The summed E-state index contributed by atoms with van der Waals surface area (Å²) in [6.45, 7) is 7.43. The standard InChI is InChI=1S/C15H28N2O3/c1-6-17(11(3)9-16(4)5)14(18)12-7-10(2)8-13(12)15(19)20/h10-13H,6-9H2,1-5H3,(H,19,20)/t10?,11?,12-,13+/m0/s1. The van der Waals surface area contributed by atoms with E-state index in [2.05, 4.69) is 0 Å². The van der Waals surface area contributed by atoms with Crippen LogP contribution in [0.4, 0.5) is 0 Å². The molecular formula is C15H28N2O3. The van der Waals surface area contributed by atoms with Gasteiger partial charge in [-0.1, -0.05) is 6.92 Å². The number of carboxylic acids is 1. The third-order valence-electron chi connectivity index (χ3n) is 4.22. The van der Waals surface area contributed by atoms with Gasteiger partial charge in [0.2, 0.25) is 5.91 Å². The molecule has 5 heteroatoms. The normalized spacial score (nSPS) is 27.6. The highest BCUT2D eigenvalue weighted by atomic mass is 16.4. The van der Waals surface area contributed by atoms with E-state index in [-0.39, 0.29) is 17.9 Å². The zero-order valence-corrected chi connectivity index (χ0v) is 13.3. The summed E-state index contributed by atoms with van der Waals surface area (Å²) in [5.41, 5.74) is 0. The van der Waals surface area contributed by atoms with Crippen molar-refractivity contribution in [2.24, 2.45) is 17.8 Å². The molecule has 1 saturated carbocycles. The SMILES string of the molecule is CCN(C(=O)[C@H]1CC(C)C[C@H]1C(=O)O)C(C)CN(C)C. The quantitative estimate of drug-likeness (QED) is 0.803. The summed E-state index contributed by atoms with van der Waals surface area (Å²) in [5.74, 6) is -1.37. The monoisotopic (exact) mass is 284 g/mol. The Kier molecular flexibility index (Phi) is 5.99. The number of amides is 1. The van der Waals surface area contributed by atoms with Crippen LogP contribution >= 0.6 is 0 Å². The number of aliphatic carboxylic acids is 1. The highest BCUT2D eigenvalue weighted by Gasteiger charge is 2.43. The molecule has 0 radical (unpaired) electrons. The number of carbonyl (C=O) groups is 2. The van der Waals surface area contributed by atoms with Crippen LogP contribution in [-0.2, 0) is 9.59 Å². The Morgan fingerprint density at radius 3 is 2.25 bits per heavy atom. The van der Waals surface area contributed by atoms with Gasteiger partial charge in [0.15, 0.2) is 0 Å². The maximum Gasteiger partial charge on any atom is 0.307 e. The highest BCUT2D eigenvalue weighted by molar-refractivity contribution is 5.85. The number of hydrogen-bond donors (Lipinski definition) is 1. The summed E-state index contributed by atoms with van der Waals surface area (Å²) in [6.07, 6.45) is 1.31. The van der Waals surface area contributed by atoms with E-state index in [0.717, 1.165) is 6.54 Å². The smallest absolute Gasteiger partial charge is 0.307 e. The Morgan fingerprint density at radius 2 is 1.80 bits per heavy atom. The molecule has 1 fully saturated rings. The zero-order valence-electron chi connectivity index (χ0n) is 13.3. The molecule has 0 saturated heterocycles. The topological polar surface area (TPSA) is 60.9 Å². The number of carbonyl (C=O) groups excluding carboxylic acids is 1. The largest absolute Gasteiger partial charge is 0.481 e. The molecule has 1 aliphatic carbocycles. The van der Waals surface area contributed by atoms with Gasteiger partial charge in [-0.05, 0) is 46.7 Å². The minimum Gasteiger partial charge on any atom is -0.481 e. The maximum atomic E-state index is 12.7. The second kappa shape index (κ2) is 7.07. The Balaban J connectivity index is 2.82. The molecule has 0 spiro atoms. The minimum atomic E-state index is -0.830. The fourth-order valence-electron chi connectivity index (χ4n) is 3.36. The number of likely N-dealkylation sites (N-methyl/N-ethyl adjacent to an activating group) is 2. The number of rotatable bonds is 6. The van der Waals surface area contributed by atoms with E-state index in [1.807, 2.05) is 44.7 Å². The van der Waals surface area contributed by atoms with Crippen LogP contribution in [0.5, 0.6) is 0 Å². The zero-order chi connectivity index (χ0) is 15.4. The number of hydrogen-bond acceptors (Lipinski definition) is 3. The Labute approximate surface area is 121 Å². The molecule has 1 N–H and O–H groups in total. The van der Waals surface area contributed by atoms with Crippen LogP contribution < -0.4 is 0 Å². The summed E-state index contributed by atoms with van der Waals surface area (Å²) in [6, 6.07) is 0.104. The van der Waals surface area contributed by atoms with E-state index >= 15 is 0 Å². The number of nitrogens with zero attached hydrogens (tertiary/aromatic N) is 2. The molecule has 0 aliphatic heterocycles. The summed E-state index contributed by atoms with van der Waals surface area (Å²) in [5, 5.41) is 9.31. The summed E-state index contributed by atoms with van der Waals surface area (Å²) < 4.78 is 0. The van der Waals surface area contributed by atoms with Crippen molar-refractivity contribution < 1.29 is 14.7 Å². The van der Waals surface area contributed by atoms with Crippen molar-refractivity contribution in [1.29, 1.82) is 0 Å². The Hall–Kier alpha value is -1.10. The van der Waals surface area contributed by atoms with Gasteiger partial charge in [-0.15, -0.1) is 0 Å². The Bertz CT molecular complexity index is 357. The van der Waals surface area contributed by atoms with Crippen LogP contribution in [0.3, 0.4) is 0 Å². The van der Waals surface area contributed by atoms with E-state index in [1.165, 1.54) is 0 Å². The molecule has 0 aromatic heterocycles. The fraction of sp³-hybridized carbons (Fsp3) is 0.867. The fourth-order valence-corrected chi connectivity index (χ4v) is 3.36. The van der Waals surface area contributed by atoms with Crippen LogP contribution in [0.1, 0.15) is 33.6 Å². The summed E-state index contributed by atoms with van der Waals surface area (Å²) >= 11 is 0. The van der Waals surface area contributed by atoms with Crippen molar-refractivity contribution in [3.63, 3.8) is 0 Å². The van der Waals surface area contributed by atoms with Gasteiger partial charge in [0.05, 0.1) is 11.8 Å². The Morgan fingerprint density at radius 1 is 1.25 bits per heavy atom. The van der Waals surface area contributed by atoms with E-state index in [0.29, 0.717) is 25.3 Å². The van der Waals surface area contributed by atoms with Crippen LogP contribution in [-0.4, -0.2) is 60.0 Å². The molecule has 2 unspecified atom stereocenters. The molecular weight excluding hydrogens is 256 g/mol. The van der Waals surface area contributed by atoms with E-state index in [4.69, 9.17) is 0 Å². The second-order valence-electron chi connectivity index (χ2n) is 6.36. The van der Waals surface area contributed by atoms with Gasteiger partial charge < -0.3 is 14.9 Å². The molecule has 1 aliphatic rings. The highest BCUT2D eigenvalue weighted by Crippen LogP contribution is 2.37. The number of carboxylic acid groups (broad SMARTS) is 1. The molecule has 0 heterocycles. The van der Waals surface area contributed by atoms with Crippen LogP contribution in [0.25, 0.3) is 0 Å². The van der Waals surface area contributed by atoms with E-state index < -0.39 is 11.9 Å². The van der Waals surface area contributed by atoms with Gasteiger partial charge in [-0.3, -0.25) is 9.59 Å². The average Bonchev–Trinajstić information content (AvgIpc) is 2.71.